The van der Waals surface area contributed by atoms with Crippen LogP contribution in [-0.4, -0.2) is 15.6 Å². The Morgan fingerprint density at radius 3 is 2.67 bits per heavy atom. The summed E-state index contributed by atoms with van der Waals surface area (Å²) >= 11 is 0. The summed E-state index contributed by atoms with van der Waals surface area (Å²) in [6.07, 6.45) is 4.18. The van der Waals surface area contributed by atoms with Crippen LogP contribution in [0.3, 0.4) is 0 Å². The van der Waals surface area contributed by atoms with Gasteiger partial charge >= 0.3 is 0 Å². The van der Waals surface area contributed by atoms with Crippen LogP contribution >= 0.6 is 0 Å². The van der Waals surface area contributed by atoms with E-state index in [1.54, 1.807) is 0 Å². The molecule has 2 heterocycles. The van der Waals surface area contributed by atoms with Crippen LogP contribution in [0.5, 0.6) is 0 Å². The summed E-state index contributed by atoms with van der Waals surface area (Å²) in [4.78, 5) is 4.75. The summed E-state index contributed by atoms with van der Waals surface area (Å²) in [5, 5.41) is 0. The molecule has 0 saturated carbocycles. The normalized spacial score (nSPS) is 18.7. The lowest BCUT2D eigenvalue weighted by Gasteiger charge is -2.19. The predicted octanol–water partition coefficient (Wildman–Crippen LogP) is 2.44. The molecule has 1 aromatic carbocycles. The SMILES string of the molecule is Cc1cc(C)cc(-c2cn3c(n2)CCC(N)C3)c1. The van der Waals surface area contributed by atoms with Crippen molar-refractivity contribution in [3.05, 3.63) is 41.3 Å². The van der Waals surface area contributed by atoms with Crippen molar-refractivity contribution in [1.29, 1.82) is 0 Å². The highest BCUT2D eigenvalue weighted by Crippen LogP contribution is 2.24. The van der Waals surface area contributed by atoms with Crippen LogP contribution in [-0.2, 0) is 13.0 Å². The smallest absolute Gasteiger partial charge is 0.109 e. The third kappa shape index (κ3) is 2.06. The molecule has 1 unspecified atom stereocenters. The van der Waals surface area contributed by atoms with Crippen molar-refractivity contribution in [1.82, 2.24) is 9.55 Å². The lowest BCUT2D eigenvalue weighted by atomic mass is 10.1. The number of imidazole rings is 1. The van der Waals surface area contributed by atoms with Gasteiger partial charge in [-0.1, -0.05) is 17.2 Å². The van der Waals surface area contributed by atoms with E-state index < -0.39 is 0 Å². The average molecular weight is 241 g/mol. The Balaban J connectivity index is 2.02. The molecule has 0 saturated heterocycles. The van der Waals surface area contributed by atoms with Gasteiger partial charge in [0.2, 0.25) is 0 Å². The third-order valence-electron chi connectivity index (χ3n) is 3.55. The van der Waals surface area contributed by atoms with Gasteiger partial charge in [-0.25, -0.2) is 4.98 Å². The summed E-state index contributed by atoms with van der Waals surface area (Å²) in [7, 11) is 0. The lowest BCUT2D eigenvalue weighted by Crippen LogP contribution is -2.31. The van der Waals surface area contributed by atoms with Gasteiger partial charge in [-0.15, -0.1) is 0 Å². The minimum absolute atomic E-state index is 0.277. The molecular formula is C15H19N3. The molecular weight excluding hydrogens is 222 g/mol. The number of hydrogen-bond donors (Lipinski definition) is 1. The van der Waals surface area contributed by atoms with Gasteiger partial charge in [-0.2, -0.15) is 0 Å². The molecule has 0 spiro atoms. The fourth-order valence-corrected chi connectivity index (χ4v) is 2.73. The van der Waals surface area contributed by atoms with Crippen LogP contribution < -0.4 is 5.73 Å². The van der Waals surface area contributed by atoms with E-state index in [-0.39, 0.29) is 6.04 Å². The second-order valence-electron chi connectivity index (χ2n) is 5.37. The number of rotatable bonds is 1. The molecule has 94 valence electrons. The molecule has 0 radical (unpaired) electrons. The van der Waals surface area contributed by atoms with E-state index in [1.165, 1.54) is 22.5 Å². The second-order valence-corrected chi connectivity index (χ2v) is 5.37. The number of nitrogens with zero attached hydrogens (tertiary/aromatic N) is 2. The quantitative estimate of drug-likeness (QED) is 0.833. The molecule has 1 aliphatic rings. The highest BCUT2D eigenvalue weighted by Gasteiger charge is 2.17. The Hall–Kier alpha value is -1.61. The molecule has 3 rings (SSSR count). The lowest BCUT2D eigenvalue weighted by molar-refractivity contribution is 0.453. The molecule has 2 N–H and O–H groups in total. The maximum absolute atomic E-state index is 6.00. The number of aromatic nitrogens is 2. The number of fused-ring (bicyclic) bond motifs is 1. The molecule has 18 heavy (non-hydrogen) atoms. The van der Waals surface area contributed by atoms with E-state index in [0.29, 0.717) is 0 Å². The van der Waals surface area contributed by atoms with Gasteiger partial charge in [0.15, 0.2) is 0 Å². The summed E-state index contributed by atoms with van der Waals surface area (Å²) < 4.78 is 2.21. The Morgan fingerprint density at radius 1 is 1.22 bits per heavy atom. The zero-order chi connectivity index (χ0) is 12.7. The predicted molar refractivity (Wildman–Crippen MR) is 73.4 cm³/mol. The van der Waals surface area contributed by atoms with Crippen LogP contribution in [0, 0.1) is 13.8 Å². The largest absolute Gasteiger partial charge is 0.333 e. The van der Waals surface area contributed by atoms with Crippen LogP contribution in [0.1, 0.15) is 23.4 Å². The summed E-state index contributed by atoms with van der Waals surface area (Å²) in [6.45, 7) is 5.15. The number of aryl methyl sites for hydroxylation is 3. The number of nitrogens with two attached hydrogens (primary N) is 1. The first kappa shape index (κ1) is 11.5. The second kappa shape index (κ2) is 4.25. The molecule has 2 aromatic rings. The Bertz CT molecular complexity index is 563. The van der Waals surface area contributed by atoms with Crippen molar-refractivity contribution in [3.63, 3.8) is 0 Å². The van der Waals surface area contributed by atoms with Crippen molar-refractivity contribution in [2.75, 3.05) is 0 Å². The first-order valence-electron chi connectivity index (χ1n) is 6.52. The van der Waals surface area contributed by atoms with E-state index >= 15 is 0 Å². The molecule has 0 bridgehead atoms. The van der Waals surface area contributed by atoms with Crippen molar-refractivity contribution in [2.45, 2.75) is 39.3 Å². The third-order valence-corrected chi connectivity index (χ3v) is 3.55. The van der Waals surface area contributed by atoms with Crippen LogP contribution in [0.2, 0.25) is 0 Å². The maximum atomic E-state index is 6.00. The van der Waals surface area contributed by atoms with Crippen molar-refractivity contribution in [2.24, 2.45) is 5.73 Å². The zero-order valence-electron chi connectivity index (χ0n) is 11.0. The molecule has 0 aliphatic carbocycles. The zero-order valence-corrected chi connectivity index (χ0v) is 11.0. The maximum Gasteiger partial charge on any atom is 0.109 e. The first-order valence-corrected chi connectivity index (χ1v) is 6.52. The van der Waals surface area contributed by atoms with Crippen LogP contribution in [0.25, 0.3) is 11.3 Å². The molecule has 3 nitrogen and oxygen atoms in total. The molecule has 1 atom stereocenters. The first-order chi connectivity index (χ1) is 8.61. The van der Waals surface area contributed by atoms with Gasteiger partial charge in [0, 0.05) is 30.8 Å². The van der Waals surface area contributed by atoms with Crippen molar-refractivity contribution < 1.29 is 0 Å². The molecule has 1 aliphatic heterocycles. The summed E-state index contributed by atoms with van der Waals surface area (Å²) in [5.41, 5.74) is 10.9. The highest BCUT2D eigenvalue weighted by molar-refractivity contribution is 5.61. The average Bonchev–Trinajstić information content (AvgIpc) is 2.70. The summed E-state index contributed by atoms with van der Waals surface area (Å²) in [6, 6.07) is 6.86. The Labute approximate surface area is 108 Å². The minimum Gasteiger partial charge on any atom is -0.333 e. The Kier molecular flexibility index (Phi) is 2.71. The van der Waals surface area contributed by atoms with Gasteiger partial charge in [0.1, 0.15) is 5.82 Å². The fraction of sp³-hybridized carbons (Fsp3) is 0.400. The molecule has 1 aromatic heterocycles. The molecule has 0 fully saturated rings. The van der Waals surface area contributed by atoms with E-state index in [1.807, 2.05) is 0 Å². The fourth-order valence-electron chi connectivity index (χ4n) is 2.73. The Morgan fingerprint density at radius 2 is 1.94 bits per heavy atom. The van der Waals surface area contributed by atoms with E-state index in [0.717, 1.165) is 25.1 Å². The van der Waals surface area contributed by atoms with Gasteiger partial charge in [-0.3, -0.25) is 0 Å². The standard InChI is InChI=1S/C15H19N3/c1-10-5-11(2)7-12(6-10)14-9-18-8-13(16)3-4-15(18)17-14/h5-7,9,13H,3-4,8,16H2,1-2H3. The van der Waals surface area contributed by atoms with Crippen molar-refractivity contribution in [3.8, 4) is 11.3 Å². The van der Waals surface area contributed by atoms with Crippen molar-refractivity contribution >= 4 is 0 Å². The number of benzene rings is 1. The van der Waals surface area contributed by atoms with Gasteiger partial charge in [0.25, 0.3) is 0 Å². The van der Waals surface area contributed by atoms with E-state index in [9.17, 15) is 0 Å². The molecule has 0 amide bonds. The molecule has 3 heteroatoms. The number of hydrogen-bond acceptors (Lipinski definition) is 2. The van der Waals surface area contributed by atoms with E-state index in [4.69, 9.17) is 10.7 Å². The van der Waals surface area contributed by atoms with Gasteiger partial charge in [-0.05, 0) is 32.4 Å². The minimum atomic E-state index is 0.277. The highest BCUT2D eigenvalue weighted by atomic mass is 15.1. The van der Waals surface area contributed by atoms with Crippen LogP contribution in [0.15, 0.2) is 24.4 Å². The summed E-state index contributed by atoms with van der Waals surface area (Å²) in [5.74, 6) is 1.17. The monoisotopic (exact) mass is 241 g/mol. The van der Waals surface area contributed by atoms with Gasteiger partial charge < -0.3 is 10.3 Å². The van der Waals surface area contributed by atoms with Crippen LogP contribution in [0.4, 0.5) is 0 Å². The van der Waals surface area contributed by atoms with Gasteiger partial charge in [0.05, 0.1) is 5.69 Å². The van der Waals surface area contributed by atoms with E-state index in [2.05, 4.69) is 42.8 Å². The topological polar surface area (TPSA) is 43.8 Å².